The van der Waals surface area contributed by atoms with Gasteiger partial charge in [0.15, 0.2) is 5.13 Å². The van der Waals surface area contributed by atoms with Crippen LogP contribution < -0.4 is 10.2 Å². The summed E-state index contributed by atoms with van der Waals surface area (Å²) >= 11 is 1.83. The molecular weight excluding hydrogens is 244 g/mol. The number of likely N-dealkylation sites (N-methyl/N-ethyl adjacent to an activating group) is 1. The van der Waals surface area contributed by atoms with Crippen molar-refractivity contribution < 1.29 is 0 Å². The molecule has 0 radical (unpaired) electrons. The SMILES string of the molecule is CCCCNCc1cnc(N2CCN(C)CC2)s1. The molecule has 0 bridgehead atoms. The topological polar surface area (TPSA) is 31.4 Å². The Labute approximate surface area is 114 Å². The predicted molar refractivity (Wildman–Crippen MR) is 78.4 cm³/mol. The lowest BCUT2D eigenvalue weighted by molar-refractivity contribution is 0.313. The van der Waals surface area contributed by atoms with Gasteiger partial charge >= 0.3 is 0 Å². The Morgan fingerprint density at radius 2 is 2.11 bits per heavy atom. The van der Waals surface area contributed by atoms with Gasteiger partial charge in [0, 0.05) is 43.8 Å². The van der Waals surface area contributed by atoms with Crippen molar-refractivity contribution in [2.75, 3.05) is 44.7 Å². The Bertz CT molecular complexity index is 345. The van der Waals surface area contributed by atoms with E-state index in [1.54, 1.807) is 0 Å². The first-order valence-electron chi connectivity index (χ1n) is 6.88. The summed E-state index contributed by atoms with van der Waals surface area (Å²) in [6.07, 6.45) is 4.53. The molecule has 18 heavy (non-hydrogen) atoms. The van der Waals surface area contributed by atoms with Crippen LogP contribution in [0.4, 0.5) is 5.13 Å². The fourth-order valence-corrected chi connectivity index (χ4v) is 2.97. The maximum atomic E-state index is 4.55. The average Bonchev–Trinajstić information content (AvgIpc) is 2.84. The number of aromatic nitrogens is 1. The first-order valence-corrected chi connectivity index (χ1v) is 7.70. The van der Waals surface area contributed by atoms with E-state index in [0.717, 1.165) is 39.3 Å². The van der Waals surface area contributed by atoms with E-state index >= 15 is 0 Å². The van der Waals surface area contributed by atoms with Gasteiger partial charge in [0.05, 0.1) is 0 Å². The van der Waals surface area contributed by atoms with Crippen LogP contribution in [0.25, 0.3) is 0 Å². The molecule has 1 aliphatic heterocycles. The van der Waals surface area contributed by atoms with Gasteiger partial charge in [-0.15, -0.1) is 11.3 Å². The molecule has 5 heteroatoms. The van der Waals surface area contributed by atoms with E-state index in [4.69, 9.17) is 0 Å². The van der Waals surface area contributed by atoms with E-state index in [2.05, 4.69) is 34.1 Å². The van der Waals surface area contributed by atoms with E-state index in [9.17, 15) is 0 Å². The summed E-state index contributed by atoms with van der Waals surface area (Å²) in [5.41, 5.74) is 0. The van der Waals surface area contributed by atoms with Gasteiger partial charge < -0.3 is 15.1 Å². The van der Waals surface area contributed by atoms with Crippen molar-refractivity contribution in [2.24, 2.45) is 0 Å². The second kappa shape index (κ2) is 7.07. The normalized spacial score (nSPS) is 17.3. The summed E-state index contributed by atoms with van der Waals surface area (Å²) in [6, 6.07) is 0. The largest absolute Gasteiger partial charge is 0.346 e. The van der Waals surface area contributed by atoms with E-state index in [-0.39, 0.29) is 0 Å². The van der Waals surface area contributed by atoms with Crippen molar-refractivity contribution in [1.82, 2.24) is 15.2 Å². The quantitative estimate of drug-likeness (QED) is 0.797. The third-order valence-electron chi connectivity index (χ3n) is 3.32. The summed E-state index contributed by atoms with van der Waals surface area (Å²) in [5.74, 6) is 0. The van der Waals surface area contributed by atoms with Crippen LogP contribution in [0.3, 0.4) is 0 Å². The van der Waals surface area contributed by atoms with E-state index in [1.807, 2.05) is 17.5 Å². The van der Waals surface area contributed by atoms with Gasteiger partial charge in [0.2, 0.25) is 0 Å². The van der Waals surface area contributed by atoms with Crippen LogP contribution in [0, 0.1) is 0 Å². The second-order valence-electron chi connectivity index (χ2n) is 4.93. The number of rotatable bonds is 6. The zero-order chi connectivity index (χ0) is 12.8. The first-order chi connectivity index (χ1) is 8.79. The Kier molecular flexibility index (Phi) is 5.41. The number of hydrogen-bond acceptors (Lipinski definition) is 5. The van der Waals surface area contributed by atoms with Gasteiger partial charge in [-0.3, -0.25) is 0 Å². The molecule has 0 amide bonds. The smallest absolute Gasteiger partial charge is 0.185 e. The number of anilines is 1. The van der Waals surface area contributed by atoms with Crippen molar-refractivity contribution in [1.29, 1.82) is 0 Å². The molecule has 1 N–H and O–H groups in total. The number of piperazine rings is 1. The highest BCUT2D eigenvalue weighted by molar-refractivity contribution is 7.15. The number of hydrogen-bond donors (Lipinski definition) is 1. The molecule has 102 valence electrons. The predicted octanol–water partition coefficient (Wildman–Crippen LogP) is 1.78. The summed E-state index contributed by atoms with van der Waals surface area (Å²) in [5, 5.41) is 4.66. The highest BCUT2D eigenvalue weighted by Crippen LogP contribution is 2.23. The number of nitrogens with zero attached hydrogens (tertiary/aromatic N) is 3. The molecule has 0 unspecified atom stereocenters. The third-order valence-corrected chi connectivity index (χ3v) is 4.38. The van der Waals surface area contributed by atoms with Crippen molar-refractivity contribution in [2.45, 2.75) is 26.3 Å². The zero-order valence-corrected chi connectivity index (χ0v) is 12.3. The average molecular weight is 268 g/mol. The molecule has 2 heterocycles. The molecule has 0 aliphatic carbocycles. The van der Waals surface area contributed by atoms with Crippen LogP contribution in [0.5, 0.6) is 0 Å². The Morgan fingerprint density at radius 3 is 2.83 bits per heavy atom. The maximum absolute atomic E-state index is 4.55. The number of nitrogens with one attached hydrogen (secondary N) is 1. The summed E-state index contributed by atoms with van der Waals surface area (Å²) in [6.45, 7) is 8.79. The molecule has 1 saturated heterocycles. The monoisotopic (exact) mass is 268 g/mol. The fourth-order valence-electron chi connectivity index (χ4n) is 2.04. The highest BCUT2D eigenvalue weighted by Gasteiger charge is 2.16. The Hall–Kier alpha value is -0.650. The van der Waals surface area contributed by atoms with Gasteiger partial charge in [-0.2, -0.15) is 0 Å². The molecule has 0 atom stereocenters. The standard InChI is InChI=1S/C13H24N4S/c1-3-4-5-14-10-12-11-15-13(18-12)17-8-6-16(2)7-9-17/h11,14H,3-10H2,1-2H3. The molecule has 4 nitrogen and oxygen atoms in total. The summed E-state index contributed by atoms with van der Waals surface area (Å²) in [7, 11) is 2.18. The fraction of sp³-hybridized carbons (Fsp3) is 0.769. The lowest BCUT2D eigenvalue weighted by atomic mass is 10.3. The number of thiazole rings is 1. The van der Waals surface area contributed by atoms with Gasteiger partial charge in [0.25, 0.3) is 0 Å². The van der Waals surface area contributed by atoms with Crippen molar-refractivity contribution in [3.63, 3.8) is 0 Å². The molecule has 0 aromatic carbocycles. The van der Waals surface area contributed by atoms with Crippen LogP contribution in [0.15, 0.2) is 6.20 Å². The van der Waals surface area contributed by atoms with E-state index < -0.39 is 0 Å². The van der Waals surface area contributed by atoms with Crippen LogP contribution in [-0.4, -0.2) is 49.7 Å². The van der Waals surface area contributed by atoms with Crippen LogP contribution in [0.1, 0.15) is 24.6 Å². The molecule has 1 aliphatic rings. The number of unbranched alkanes of at least 4 members (excludes halogenated alkanes) is 1. The Morgan fingerprint density at radius 1 is 1.33 bits per heavy atom. The third kappa shape index (κ3) is 3.93. The molecule has 1 aromatic rings. The van der Waals surface area contributed by atoms with Crippen LogP contribution in [-0.2, 0) is 6.54 Å². The lowest BCUT2D eigenvalue weighted by Gasteiger charge is -2.32. The second-order valence-corrected chi connectivity index (χ2v) is 6.02. The van der Waals surface area contributed by atoms with E-state index in [1.165, 1.54) is 22.9 Å². The zero-order valence-electron chi connectivity index (χ0n) is 11.5. The van der Waals surface area contributed by atoms with Crippen molar-refractivity contribution in [3.05, 3.63) is 11.1 Å². The molecule has 0 saturated carbocycles. The minimum absolute atomic E-state index is 0.964. The van der Waals surface area contributed by atoms with Gasteiger partial charge in [-0.1, -0.05) is 13.3 Å². The molecule has 1 fully saturated rings. The first kappa shape index (κ1) is 13.8. The molecule has 0 spiro atoms. The summed E-state index contributed by atoms with van der Waals surface area (Å²) in [4.78, 5) is 10.7. The molecule has 2 rings (SSSR count). The Balaban J connectivity index is 1.78. The maximum Gasteiger partial charge on any atom is 0.185 e. The van der Waals surface area contributed by atoms with Gasteiger partial charge in [-0.05, 0) is 20.0 Å². The van der Waals surface area contributed by atoms with E-state index in [0.29, 0.717) is 0 Å². The van der Waals surface area contributed by atoms with Gasteiger partial charge in [-0.25, -0.2) is 4.98 Å². The van der Waals surface area contributed by atoms with Crippen molar-refractivity contribution >= 4 is 16.5 Å². The summed E-state index contributed by atoms with van der Waals surface area (Å²) < 4.78 is 0. The molecule has 1 aromatic heterocycles. The van der Waals surface area contributed by atoms with Gasteiger partial charge in [0.1, 0.15) is 0 Å². The van der Waals surface area contributed by atoms with Crippen molar-refractivity contribution in [3.8, 4) is 0 Å². The van der Waals surface area contributed by atoms with Crippen LogP contribution >= 0.6 is 11.3 Å². The highest BCUT2D eigenvalue weighted by atomic mass is 32.1. The minimum atomic E-state index is 0.964. The lowest BCUT2D eigenvalue weighted by Crippen LogP contribution is -2.44. The van der Waals surface area contributed by atoms with Crippen LogP contribution in [0.2, 0.25) is 0 Å². The molecular formula is C13H24N4S. The minimum Gasteiger partial charge on any atom is -0.346 e.